The number of nitrogens with two attached hydrogens (primary N) is 1. The Kier molecular flexibility index (Phi) is 5.67. The largest absolute Gasteiger partial charge is 0.468 e. The van der Waals surface area contributed by atoms with Crippen molar-refractivity contribution in [2.75, 3.05) is 18.8 Å². The van der Waals surface area contributed by atoms with E-state index in [0.29, 0.717) is 31.8 Å². The molecule has 0 aliphatic rings. The van der Waals surface area contributed by atoms with Crippen molar-refractivity contribution in [2.45, 2.75) is 26.3 Å². The van der Waals surface area contributed by atoms with Crippen molar-refractivity contribution in [3.05, 3.63) is 24.2 Å². The molecule has 6 heteroatoms. The van der Waals surface area contributed by atoms with E-state index in [4.69, 9.17) is 10.2 Å². The van der Waals surface area contributed by atoms with Crippen LogP contribution in [0.25, 0.3) is 0 Å². The van der Waals surface area contributed by atoms with Gasteiger partial charge < -0.3 is 10.2 Å². The van der Waals surface area contributed by atoms with Crippen LogP contribution in [-0.4, -0.2) is 31.6 Å². The molecule has 0 aliphatic heterocycles. The fourth-order valence-electron chi connectivity index (χ4n) is 1.54. The maximum absolute atomic E-state index is 12.0. The fourth-order valence-corrected chi connectivity index (χ4v) is 3.09. The third kappa shape index (κ3) is 4.49. The molecule has 5 nitrogen and oxygen atoms in total. The first-order valence-corrected chi connectivity index (χ1v) is 7.41. The minimum Gasteiger partial charge on any atom is -0.468 e. The van der Waals surface area contributed by atoms with Gasteiger partial charge in [-0.3, -0.25) is 0 Å². The topological polar surface area (TPSA) is 76.5 Å². The molecular formula is C11H20N2O3S. The van der Waals surface area contributed by atoms with Gasteiger partial charge in [0.1, 0.15) is 5.76 Å². The Balaban J connectivity index is 2.59. The molecular weight excluding hydrogens is 240 g/mol. The lowest BCUT2D eigenvalue weighted by Crippen LogP contribution is -2.32. The van der Waals surface area contributed by atoms with E-state index in [2.05, 4.69) is 0 Å². The van der Waals surface area contributed by atoms with Gasteiger partial charge in [0.2, 0.25) is 10.0 Å². The highest BCUT2D eigenvalue weighted by Crippen LogP contribution is 2.11. The smallest absolute Gasteiger partial charge is 0.214 e. The van der Waals surface area contributed by atoms with Gasteiger partial charge >= 0.3 is 0 Å². The van der Waals surface area contributed by atoms with Crippen molar-refractivity contribution in [3.8, 4) is 0 Å². The maximum atomic E-state index is 12.0. The van der Waals surface area contributed by atoms with Crippen molar-refractivity contribution < 1.29 is 12.8 Å². The summed E-state index contributed by atoms with van der Waals surface area (Å²) in [6.07, 6.45) is 2.88. The molecule has 1 rings (SSSR count). The average molecular weight is 260 g/mol. The van der Waals surface area contributed by atoms with E-state index >= 15 is 0 Å². The van der Waals surface area contributed by atoms with Crippen molar-refractivity contribution in [1.82, 2.24) is 4.31 Å². The maximum Gasteiger partial charge on any atom is 0.214 e. The summed E-state index contributed by atoms with van der Waals surface area (Å²) in [5.74, 6) is 0.813. The Bertz CT molecular complexity index is 400. The SMILES string of the molecule is CCN(Cc1ccco1)S(=O)(=O)CCCCN. The summed E-state index contributed by atoms with van der Waals surface area (Å²) in [7, 11) is -3.20. The van der Waals surface area contributed by atoms with Crippen LogP contribution in [0, 0.1) is 0 Å². The van der Waals surface area contributed by atoms with Crippen LogP contribution in [0.15, 0.2) is 22.8 Å². The van der Waals surface area contributed by atoms with Crippen LogP contribution in [-0.2, 0) is 16.6 Å². The van der Waals surface area contributed by atoms with Gasteiger partial charge in [-0.25, -0.2) is 8.42 Å². The molecule has 1 aromatic rings. The number of furan rings is 1. The van der Waals surface area contributed by atoms with Crippen molar-refractivity contribution in [2.24, 2.45) is 5.73 Å². The van der Waals surface area contributed by atoms with Crippen LogP contribution in [0.2, 0.25) is 0 Å². The zero-order valence-electron chi connectivity index (χ0n) is 10.1. The van der Waals surface area contributed by atoms with Crippen LogP contribution in [0.1, 0.15) is 25.5 Å². The molecule has 0 aliphatic carbocycles. The number of sulfonamides is 1. The highest BCUT2D eigenvalue weighted by Gasteiger charge is 2.20. The Hall–Kier alpha value is -0.850. The number of nitrogens with zero attached hydrogens (tertiary/aromatic N) is 1. The summed E-state index contributed by atoms with van der Waals surface area (Å²) in [6, 6.07) is 3.53. The number of hydrogen-bond acceptors (Lipinski definition) is 4. The van der Waals surface area contributed by atoms with Gasteiger partial charge in [0.15, 0.2) is 0 Å². The van der Waals surface area contributed by atoms with Crippen LogP contribution in [0.3, 0.4) is 0 Å². The average Bonchev–Trinajstić information content (AvgIpc) is 2.78. The number of hydrogen-bond donors (Lipinski definition) is 1. The molecule has 1 heterocycles. The summed E-state index contributed by atoms with van der Waals surface area (Å²) in [6.45, 7) is 3.10. The van der Waals surface area contributed by atoms with Gasteiger partial charge in [0, 0.05) is 6.54 Å². The molecule has 2 N–H and O–H groups in total. The van der Waals surface area contributed by atoms with Crippen molar-refractivity contribution in [1.29, 1.82) is 0 Å². The lowest BCUT2D eigenvalue weighted by atomic mass is 10.3. The van der Waals surface area contributed by atoms with E-state index in [1.165, 1.54) is 4.31 Å². The van der Waals surface area contributed by atoms with E-state index in [9.17, 15) is 8.42 Å². The summed E-state index contributed by atoms with van der Waals surface area (Å²) in [5, 5.41) is 0. The van der Waals surface area contributed by atoms with Gasteiger partial charge in [0.25, 0.3) is 0 Å². The van der Waals surface area contributed by atoms with Crippen LogP contribution < -0.4 is 5.73 Å². The zero-order chi connectivity index (χ0) is 12.7. The van der Waals surface area contributed by atoms with Gasteiger partial charge in [-0.05, 0) is 31.5 Å². The molecule has 0 saturated heterocycles. The molecule has 0 radical (unpaired) electrons. The van der Waals surface area contributed by atoms with E-state index < -0.39 is 10.0 Å². The first-order chi connectivity index (χ1) is 8.10. The van der Waals surface area contributed by atoms with Crippen LogP contribution in [0.5, 0.6) is 0 Å². The van der Waals surface area contributed by atoms with Crippen LogP contribution >= 0.6 is 0 Å². The monoisotopic (exact) mass is 260 g/mol. The Morgan fingerprint density at radius 3 is 2.71 bits per heavy atom. The summed E-state index contributed by atoms with van der Waals surface area (Å²) >= 11 is 0. The second kappa shape index (κ2) is 6.78. The van der Waals surface area contributed by atoms with Gasteiger partial charge in [-0.15, -0.1) is 0 Å². The summed E-state index contributed by atoms with van der Waals surface area (Å²) in [4.78, 5) is 0. The quantitative estimate of drug-likeness (QED) is 0.712. The highest BCUT2D eigenvalue weighted by molar-refractivity contribution is 7.89. The van der Waals surface area contributed by atoms with Gasteiger partial charge in [-0.2, -0.15) is 4.31 Å². The van der Waals surface area contributed by atoms with E-state index in [1.54, 1.807) is 18.4 Å². The predicted octanol–water partition coefficient (Wildman–Crippen LogP) is 1.17. The number of rotatable bonds is 8. The van der Waals surface area contributed by atoms with Gasteiger partial charge in [-0.1, -0.05) is 6.92 Å². The Labute approximate surface area is 103 Å². The molecule has 0 aromatic carbocycles. The highest BCUT2D eigenvalue weighted by atomic mass is 32.2. The molecule has 1 aromatic heterocycles. The van der Waals surface area contributed by atoms with E-state index in [-0.39, 0.29) is 5.75 Å². The third-order valence-electron chi connectivity index (χ3n) is 2.51. The lowest BCUT2D eigenvalue weighted by molar-refractivity contribution is 0.375. The lowest BCUT2D eigenvalue weighted by Gasteiger charge is -2.19. The minimum absolute atomic E-state index is 0.152. The molecule has 0 atom stereocenters. The Morgan fingerprint density at radius 1 is 1.41 bits per heavy atom. The molecule has 0 saturated carbocycles. The number of unbranched alkanes of at least 4 members (excludes halogenated alkanes) is 1. The molecule has 0 bridgehead atoms. The Morgan fingerprint density at radius 2 is 2.18 bits per heavy atom. The first-order valence-electron chi connectivity index (χ1n) is 5.80. The third-order valence-corrected chi connectivity index (χ3v) is 4.49. The molecule has 98 valence electrons. The van der Waals surface area contributed by atoms with Crippen molar-refractivity contribution >= 4 is 10.0 Å². The normalized spacial score (nSPS) is 12.2. The molecule has 0 unspecified atom stereocenters. The predicted molar refractivity (Wildman–Crippen MR) is 66.9 cm³/mol. The molecule has 0 spiro atoms. The summed E-state index contributed by atoms with van der Waals surface area (Å²) < 4.78 is 30.6. The standard InChI is InChI=1S/C11H20N2O3S/c1-2-13(10-11-6-5-8-16-11)17(14,15)9-4-3-7-12/h5-6,8H,2-4,7,9-10,12H2,1H3. The fraction of sp³-hybridized carbons (Fsp3) is 0.636. The first kappa shape index (κ1) is 14.2. The summed E-state index contributed by atoms with van der Waals surface area (Å²) in [5.41, 5.74) is 5.35. The van der Waals surface area contributed by atoms with E-state index in [1.807, 2.05) is 6.92 Å². The second-order valence-electron chi connectivity index (χ2n) is 3.82. The molecule has 17 heavy (non-hydrogen) atoms. The minimum atomic E-state index is -3.20. The van der Waals surface area contributed by atoms with Crippen LogP contribution in [0.4, 0.5) is 0 Å². The van der Waals surface area contributed by atoms with Gasteiger partial charge in [0.05, 0.1) is 18.6 Å². The van der Waals surface area contributed by atoms with Crippen molar-refractivity contribution in [3.63, 3.8) is 0 Å². The van der Waals surface area contributed by atoms with E-state index in [0.717, 1.165) is 6.42 Å². The molecule has 0 fully saturated rings. The second-order valence-corrected chi connectivity index (χ2v) is 5.91. The zero-order valence-corrected chi connectivity index (χ0v) is 10.9. The molecule has 0 amide bonds.